The van der Waals surface area contributed by atoms with E-state index in [0.29, 0.717) is 18.1 Å². The number of ether oxygens (including phenoxy) is 2. The van der Waals surface area contributed by atoms with Crippen molar-refractivity contribution in [2.24, 2.45) is 5.92 Å². The molecule has 2 heterocycles. The zero-order chi connectivity index (χ0) is 21.6. The third-order valence-electron chi connectivity index (χ3n) is 5.82. The summed E-state index contributed by atoms with van der Waals surface area (Å²) >= 11 is 0. The standard InChI is InChI=1S/C26H30N2O3/c1-3-31-24-9-7-20(8-10-24)15-26-27-25(23-6-4-5-22(16-23)19(2)29)18-28(26)17-21-11-13-30-14-12-21/h4-10,16,18,21H,3,11-15,17H2,1-2H3. The molecule has 0 spiro atoms. The van der Waals surface area contributed by atoms with Gasteiger partial charge in [-0.25, -0.2) is 4.98 Å². The molecule has 3 aromatic rings. The van der Waals surface area contributed by atoms with Gasteiger partial charge in [0.2, 0.25) is 0 Å². The number of carbonyl (C=O) groups excluding carboxylic acids is 1. The van der Waals surface area contributed by atoms with Crippen LogP contribution < -0.4 is 4.74 Å². The quantitative estimate of drug-likeness (QED) is 0.474. The molecule has 0 unspecified atom stereocenters. The van der Waals surface area contributed by atoms with E-state index < -0.39 is 0 Å². The molecule has 0 atom stereocenters. The second kappa shape index (κ2) is 9.92. The van der Waals surface area contributed by atoms with Gasteiger partial charge in [-0.05, 0) is 56.4 Å². The van der Waals surface area contributed by atoms with Gasteiger partial charge in [-0.15, -0.1) is 0 Å². The molecule has 0 aliphatic carbocycles. The van der Waals surface area contributed by atoms with Crippen molar-refractivity contribution in [3.05, 3.63) is 71.7 Å². The van der Waals surface area contributed by atoms with Crippen LogP contribution in [0.1, 0.15) is 48.4 Å². The van der Waals surface area contributed by atoms with Crippen LogP contribution in [0.5, 0.6) is 5.75 Å². The maximum absolute atomic E-state index is 11.8. The molecule has 5 heteroatoms. The Morgan fingerprint density at radius 3 is 2.65 bits per heavy atom. The van der Waals surface area contributed by atoms with Crippen molar-refractivity contribution in [2.45, 2.75) is 39.7 Å². The highest BCUT2D eigenvalue weighted by Crippen LogP contribution is 2.25. The number of benzene rings is 2. The van der Waals surface area contributed by atoms with Crippen molar-refractivity contribution in [2.75, 3.05) is 19.8 Å². The first-order valence-electron chi connectivity index (χ1n) is 11.1. The van der Waals surface area contributed by atoms with Crippen molar-refractivity contribution in [3.8, 4) is 17.0 Å². The molecule has 162 valence electrons. The molecule has 4 rings (SSSR count). The lowest BCUT2D eigenvalue weighted by molar-refractivity contribution is 0.0610. The fourth-order valence-corrected chi connectivity index (χ4v) is 4.05. The third kappa shape index (κ3) is 5.42. The minimum absolute atomic E-state index is 0.0677. The predicted octanol–water partition coefficient (Wildman–Crippen LogP) is 5.17. The first kappa shape index (κ1) is 21.3. The number of rotatable bonds is 8. The summed E-state index contributed by atoms with van der Waals surface area (Å²) in [7, 11) is 0. The van der Waals surface area contributed by atoms with E-state index in [1.54, 1.807) is 6.92 Å². The van der Waals surface area contributed by atoms with Crippen molar-refractivity contribution >= 4 is 5.78 Å². The Kier molecular flexibility index (Phi) is 6.82. The van der Waals surface area contributed by atoms with Crippen LogP contribution in [0.4, 0.5) is 0 Å². The van der Waals surface area contributed by atoms with E-state index in [2.05, 4.69) is 22.9 Å². The second-order valence-electron chi connectivity index (χ2n) is 8.14. The first-order valence-corrected chi connectivity index (χ1v) is 11.1. The summed E-state index contributed by atoms with van der Waals surface area (Å²) in [5.74, 6) is 2.59. The fraction of sp³-hybridized carbons (Fsp3) is 0.385. The van der Waals surface area contributed by atoms with E-state index in [4.69, 9.17) is 14.5 Å². The van der Waals surface area contributed by atoms with E-state index >= 15 is 0 Å². The lowest BCUT2D eigenvalue weighted by Crippen LogP contribution is -2.21. The molecule has 1 saturated heterocycles. The highest BCUT2D eigenvalue weighted by Gasteiger charge is 2.18. The minimum Gasteiger partial charge on any atom is -0.494 e. The van der Waals surface area contributed by atoms with Crippen molar-refractivity contribution in [1.82, 2.24) is 9.55 Å². The largest absolute Gasteiger partial charge is 0.494 e. The Labute approximate surface area is 184 Å². The summed E-state index contributed by atoms with van der Waals surface area (Å²) in [5, 5.41) is 0. The monoisotopic (exact) mass is 418 g/mol. The van der Waals surface area contributed by atoms with Crippen LogP contribution in [0.15, 0.2) is 54.7 Å². The minimum atomic E-state index is 0.0677. The summed E-state index contributed by atoms with van der Waals surface area (Å²) in [6.07, 6.45) is 5.05. The number of nitrogens with zero attached hydrogens (tertiary/aromatic N) is 2. The lowest BCUT2D eigenvalue weighted by Gasteiger charge is -2.23. The number of hydrogen-bond donors (Lipinski definition) is 0. The first-order chi connectivity index (χ1) is 15.1. The van der Waals surface area contributed by atoms with E-state index in [1.165, 1.54) is 5.56 Å². The molecular formula is C26H30N2O3. The molecule has 0 N–H and O–H groups in total. The van der Waals surface area contributed by atoms with Gasteiger partial charge >= 0.3 is 0 Å². The normalized spacial score (nSPS) is 14.5. The van der Waals surface area contributed by atoms with Crippen LogP contribution in [0.2, 0.25) is 0 Å². The van der Waals surface area contributed by atoms with Crippen molar-refractivity contribution in [3.63, 3.8) is 0 Å². The maximum atomic E-state index is 11.8. The molecule has 0 bridgehead atoms. The summed E-state index contributed by atoms with van der Waals surface area (Å²) in [4.78, 5) is 16.8. The van der Waals surface area contributed by atoms with Gasteiger partial charge in [0.25, 0.3) is 0 Å². The zero-order valence-corrected chi connectivity index (χ0v) is 18.3. The average molecular weight is 419 g/mol. The smallest absolute Gasteiger partial charge is 0.159 e. The zero-order valence-electron chi connectivity index (χ0n) is 18.3. The molecule has 5 nitrogen and oxygen atoms in total. The Balaban J connectivity index is 1.62. The number of ketones is 1. The molecule has 1 aromatic heterocycles. The summed E-state index contributed by atoms with van der Waals surface area (Å²) in [6, 6.07) is 16.0. The molecule has 0 radical (unpaired) electrons. The molecule has 1 fully saturated rings. The molecule has 31 heavy (non-hydrogen) atoms. The van der Waals surface area contributed by atoms with Gasteiger partial charge in [0.15, 0.2) is 5.78 Å². The van der Waals surface area contributed by atoms with E-state index in [-0.39, 0.29) is 5.78 Å². The van der Waals surface area contributed by atoms with Crippen molar-refractivity contribution < 1.29 is 14.3 Å². The van der Waals surface area contributed by atoms with Gasteiger partial charge in [0.1, 0.15) is 11.6 Å². The van der Waals surface area contributed by atoms with Gasteiger partial charge < -0.3 is 14.0 Å². The summed E-state index contributed by atoms with van der Waals surface area (Å²) in [6.45, 7) is 6.86. The summed E-state index contributed by atoms with van der Waals surface area (Å²) in [5.41, 5.74) is 3.80. The lowest BCUT2D eigenvalue weighted by atomic mass is 10.0. The highest BCUT2D eigenvalue weighted by atomic mass is 16.5. The molecule has 0 saturated carbocycles. The third-order valence-corrected chi connectivity index (χ3v) is 5.82. The van der Waals surface area contributed by atoms with Crippen molar-refractivity contribution in [1.29, 1.82) is 0 Å². The fourth-order valence-electron chi connectivity index (χ4n) is 4.05. The Morgan fingerprint density at radius 1 is 1.16 bits per heavy atom. The average Bonchev–Trinajstić information content (AvgIpc) is 3.18. The summed E-state index contributed by atoms with van der Waals surface area (Å²) < 4.78 is 13.4. The number of imidazole rings is 1. The maximum Gasteiger partial charge on any atom is 0.159 e. The van der Waals surface area contributed by atoms with Crippen LogP contribution in [-0.4, -0.2) is 35.2 Å². The Bertz CT molecular complexity index is 1020. The highest BCUT2D eigenvalue weighted by molar-refractivity contribution is 5.95. The predicted molar refractivity (Wildman–Crippen MR) is 122 cm³/mol. The van der Waals surface area contributed by atoms with Gasteiger partial charge in [0.05, 0.1) is 12.3 Å². The van der Waals surface area contributed by atoms with Gasteiger partial charge in [-0.3, -0.25) is 4.79 Å². The number of aromatic nitrogens is 2. The van der Waals surface area contributed by atoms with E-state index in [0.717, 1.165) is 61.9 Å². The SMILES string of the molecule is CCOc1ccc(Cc2nc(-c3cccc(C(C)=O)c3)cn2CC2CCOCC2)cc1. The molecule has 0 amide bonds. The van der Waals surface area contributed by atoms with Crippen LogP contribution >= 0.6 is 0 Å². The van der Waals surface area contributed by atoms with Crippen LogP contribution in [0, 0.1) is 5.92 Å². The van der Waals surface area contributed by atoms with Crippen LogP contribution in [-0.2, 0) is 17.7 Å². The van der Waals surface area contributed by atoms with E-state index in [1.807, 2.05) is 43.3 Å². The Hall–Kier alpha value is -2.92. The second-order valence-corrected chi connectivity index (χ2v) is 8.14. The topological polar surface area (TPSA) is 53.3 Å². The Morgan fingerprint density at radius 2 is 1.94 bits per heavy atom. The van der Waals surface area contributed by atoms with Gasteiger partial charge in [0, 0.05) is 43.5 Å². The van der Waals surface area contributed by atoms with Crippen LogP contribution in [0.25, 0.3) is 11.3 Å². The molecule has 1 aliphatic rings. The molecule has 2 aromatic carbocycles. The number of hydrogen-bond acceptors (Lipinski definition) is 4. The van der Waals surface area contributed by atoms with Crippen LogP contribution in [0.3, 0.4) is 0 Å². The van der Waals surface area contributed by atoms with Gasteiger partial charge in [-0.1, -0.05) is 30.3 Å². The molecule has 1 aliphatic heterocycles. The number of Topliss-reactive ketones (excluding diaryl/α,β-unsaturated/α-hetero) is 1. The molecular weight excluding hydrogens is 388 g/mol. The van der Waals surface area contributed by atoms with Gasteiger partial charge in [-0.2, -0.15) is 0 Å². The number of carbonyl (C=O) groups is 1. The van der Waals surface area contributed by atoms with E-state index in [9.17, 15) is 4.79 Å².